The molecule has 1 atom stereocenters. The number of carbonyl (C=O) groups is 1. The number of carbonyl (C=O) groups excluding carboxylic acids is 1. The molecule has 1 aromatic heterocycles. The minimum atomic E-state index is -4.33. The molecule has 1 aliphatic heterocycles. The lowest BCUT2D eigenvalue weighted by Gasteiger charge is -2.20. The van der Waals surface area contributed by atoms with Gasteiger partial charge in [-0.15, -0.1) is 0 Å². The van der Waals surface area contributed by atoms with Gasteiger partial charge in [-0.05, 0) is 12.8 Å². The van der Waals surface area contributed by atoms with Crippen LogP contribution in [0.2, 0.25) is 0 Å². The lowest BCUT2D eigenvalue weighted by Crippen LogP contribution is -2.30. The van der Waals surface area contributed by atoms with E-state index in [0.717, 1.165) is 17.5 Å². The maximum absolute atomic E-state index is 12.1. The Hall–Kier alpha value is -1.57. The molecule has 0 saturated carbocycles. The highest BCUT2D eigenvalue weighted by molar-refractivity contribution is 5.91. The van der Waals surface area contributed by atoms with Crippen molar-refractivity contribution in [3.63, 3.8) is 0 Å². The van der Waals surface area contributed by atoms with Crippen molar-refractivity contribution in [3.8, 4) is 0 Å². The molecule has 2 rings (SSSR count). The van der Waals surface area contributed by atoms with Crippen LogP contribution in [0.25, 0.3) is 0 Å². The molecule has 0 aliphatic carbocycles. The second-order valence-electron chi connectivity index (χ2n) is 4.42. The summed E-state index contributed by atoms with van der Waals surface area (Å²) >= 11 is 0. The summed E-state index contributed by atoms with van der Waals surface area (Å²) in [7, 11) is 0. The molecule has 0 bridgehead atoms. The molecule has 1 saturated heterocycles. The van der Waals surface area contributed by atoms with Crippen molar-refractivity contribution in [3.05, 3.63) is 12.3 Å². The molecular formula is C11H14F3N3O2. The Kier molecular flexibility index (Phi) is 4.08. The van der Waals surface area contributed by atoms with Crippen LogP contribution < -0.4 is 5.32 Å². The quantitative estimate of drug-likeness (QED) is 0.916. The number of halogens is 3. The van der Waals surface area contributed by atoms with Gasteiger partial charge in [0.25, 0.3) is 0 Å². The third-order valence-electron chi connectivity index (χ3n) is 2.76. The number of aromatic nitrogens is 2. The Labute approximate surface area is 107 Å². The molecule has 0 radical (unpaired) electrons. The molecule has 1 amide bonds. The summed E-state index contributed by atoms with van der Waals surface area (Å²) in [6.07, 6.45) is -1.62. The fraction of sp³-hybridized carbons (Fsp3) is 0.636. The molecule has 0 spiro atoms. The van der Waals surface area contributed by atoms with E-state index in [1.54, 1.807) is 0 Å². The second-order valence-corrected chi connectivity index (χ2v) is 4.42. The van der Waals surface area contributed by atoms with Crippen molar-refractivity contribution in [2.75, 3.05) is 18.5 Å². The maximum Gasteiger partial charge on any atom is 0.408 e. The van der Waals surface area contributed by atoms with Gasteiger partial charge in [0, 0.05) is 18.9 Å². The number of ether oxygens (including phenoxy) is 1. The molecule has 19 heavy (non-hydrogen) atoms. The summed E-state index contributed by atoms with van der Waals surface area (Å²) in [5.41, 5.74) is 0. The number of hydrogen-bond donors (Lipinski definition) is 1. The van der Waals surface area contributed by atoms with Crippen molar-refractivity contribution < 1.29 is 22.7 Å². The Morgan fingerprint density at radius 1 is 1.58 bits per heavy atom. The first-order valence-corrected chi connectivity index (χ1v) is 5.93. The van der Waals surface area contributed by atoms with Crippen molar-refractivity contribution in [1.82, 2.24) is 9.78 Å². The molecule has 1 fully saturated rings. The Balaban J connectivity index is 1.90. The van der Waals surface area contributed by atoms with Crippen molar-refractivity contribution in [1.29, 1.82) is 0 Å². The monoisotopic (exact) mass is 277 g/mol. The lowest BCUT2D eigenvalue weighted by atomic mass is 10.0. The van der Waals surface area contributed by atoms with Gasteiger partial charge in [-0.1, -0.05) is 0 Å². The minimum absolute atomic E-state index is 0.125. The first-order chi connectivity index (χ1) is 8.94. The zero-order chi connectivity index (χ0) is 13.9. The predicted molar refractivity (Wildman–Crippen MR) is 60.5 cm³/mol. The number of hydrogen-bond acceptors (Lipinski definition) is 3. The molecule has 5 nitrogen and oxygen atoms in total. The molecule has 1 aliphatic rings. The van der Waals surface area contributed by atoms with E-state index in [4.69, 9.17) is 4.74 Å². The van der Waals surface area contributed by atoms with Gasteiger partial charge >= 0.3 is 6.18 Å². The van der Waals surface area contributed by atoms with Gasteiger partial charge < -0.3 is 10.1 Å². The van der Waals surface area contributed by atoms with Gasteiger partial charge in [0.2, 0.25) is 5.91 Å². The first-order valence-electron chi connectivity index (χ1n) is 5.93. The molecule has 1 N–H and O–H groups in total. The van der Waals surface area contributed by atoms with Crippen LogP contribution in [0, 0.1) is 5.92 Å². The third-order valence-corrected chi connectivity index (χ3v) is 2.76. The van der Waals surface area contributed by atoms with E-state index in [1.165, 1.54) is 12.3 Å². The van der Waals surface area contributed by atoms with E-state index >= 15 is 0 Å². The zero-order valence-electron chi connectivity index (χ0n) is 10.1. The van der Waals surface area contributed by atoms with E-state index in [0.29, 0.717) is 13.2 Å². The number of nitrogens with zero attached hydrogens (tertiary/aromatic N) is 2. The summed E-state index contributed by atoms with van der Waals surface area (Å²) in [6, 6.07) is 1.34. The molecule has 8 heteroatoms. The SMILES string of the molecule is O=C(Nc1ccn(CC(F)(F)F)n1)C1CCCOC1. The highest BCUT2D eigenvalue weighted by atomic mass is 19.4. The maximum atomic E-state index is 12.1. The Morgan fingerprint density at radius 3 is 3.00 bits per heavy atom. The predicted octanol–water partition coefficient (Wildman–Crippen LogP) is 1.81. The molecule has 1 aromatic rings. The van der Waals surface area contributed by atoms with Crippen LogP contribution in [0.1, 0.15) is 12.8 Å². The standard InChI is InChI=1S/C11H14F3N3O2/c12-11(13,14)7-17-4-3-9(16-17)15-10(18)8-2-1-5-19-6-8/h3-4,8H,1-2,5-7H2,(H,15,16,18). The lowest BCUT2D eigenvalue weighted by molar-refractivity contribution is -0.142. The Bertz CT molecular complexity index is 439. The summed E-state index contributed by atoms with van der Waals surface area (Å²) < 4.78 is 42.3. The van der Waals surface area contributed by atoms with Crippen LogP contribution in [-0.4, -0.2) is 35.1 Å². The summed E-state index contributed by atoms with van der Waals surface area (Å²) in [4.78, 5) is 11.8. The van der Waals surface area contributed by atoms with E-state index in [1.807, 2.05) is 0 Å². The van der Waals surface area contributed by atoms with Gasteiger partial charge in [0.05, 0.1) is 12.5 Å². The molecule has 1 unspecified atom stereocenters. The van der Waals surface area contributed by atoms with E-state index in [2.05, 4.69) is 10.4 Å². The van der Waals surface area contributed by atoms with Crippen LogP contribution in [0.15, 0.2) is 12.3 Å². The summed E-state index contributed by atoms with van der Waals surface area (Å²) in [5, 5.41) is 6.15. The normalized spacial score (nSPS) is 20.3. The van der Waals surface area contributed by atoms with Crippen LogP contribution in [0.3, 0.4) is 0 Å². The third kappa shape index (κ3) is 4.23. The van der Waals surface area contributed by atoms with Gasteiger partial charge in [-0.25, -0.2) is 0 Å². The molecule has 0 aromatic carbocycles. The summed E-state index contributed by atoms with van der Waals surface area (Å²) in [5.74, 6) is -0.404. The van der Waals surface area contributed by atoms with Crippen LogP contribution in [-0.2, 0) is 16.1 Å². The van der Waals surface area contributed by atoms with Crippen molar-refractivity contribution in [2.24, 2.45) is 5.92 Å². The van der Waals surface area contributed by atoms with Crippen LogP contribution >= 0.6 is 0 Å². The highest BCUT2D eigenvalue weighted by Crippen LogP contribution is 2.19. The van der Waals surface area contributed by atoms with E-state index < -0.39 is 12.7 Å². The average molecular weight is 277 g/mol. The average Bonchev–Trinajstić information content (AvgIpc) is 2.75. The topological polar surface area (TPSA) is 56.2 Å². The van der Waals surface area contributed by atoms with Gasteiger partial charge in [0.15, 0.2) is 5.82 Å². The zero-order valence-corrected chi connectivity index (χ0v) is 10.1. The number of alkyl halides is 3. The fourth-order valence-corrected chi connectivity index (χ4v) is 1.88. The Morgan fingerprint density at radius 2 is 2.37 bits per heavy atom. The first kappa shape index (κ1) is 13.9. The van der Waals surface area contributed by atoms with Crippen LogP contribution in [0.4, 0.5) is 19.0 Å². The highest BCUT2D eigenvalue weighted by Gasteiger charge is 2.28. The largest absolute Gasteiger partial charge is 0.408 e. The van der Waals surface area contributed by atoms with Crippen molar-refractivity contribution >= 4 is 11.7 Å². The second kappa shape index (κ2) is 5.60. The van der Waals surface area contributed by atoms with E-state index in [9.17, 15) is 18.0 Å². The van der Waals surface area contributed by atoms with Gasteiger partial charge in [-0.2, -0.15) is 18.3 Å². The summed E-state index contributed by atoms with van der Waals surface area (Å²) in [6.45, 7) is -0.186. The van der Waals surface area contributed by atoms with Gasteiger partial charge in [0.1, 0.15) is 6.54 Å². The number of rotatable bonds is 3. The van der Waals surface area contributed by atoms with Crippen molar-refractivity contribution in [2.45, 2.75) is 25.6 Å². The number of nitrogens with one attached hydrogen (secondary N) is 1. The fourth-order valence-electron chi connectivity index (χ4n) is 1.88. The smallest absolute Gasteiger partial charge is 0.381 e. The number of amides is 1. The van der Waals surface area contributed by atoms with Crippen LogP contribution in [0.5, 0.6) is 0 Å². The molecular weight excluding hydrogens is 263 g/mol. The molecule has 106 valence electrons. The minimum Gasteiger partial charge on any atom is -0.381 e. The number of anilines is 1. The molecule has 2 heterocycles. The van der Waals surface area contributed by atoms with Gasteiger partial charge in [-0.3, -0.25) is 9.48 Å². The van der Waals surface area contributed by atoms with E-state index in [-0.39, 0.29) is 17.6 Å².